The molecule has 0 unspecified atom stereocenters. The molecule has 0 aliphatic carbocycles. The Kier molecular flexibility index (Phi) is 3.66. The highest BCUT2D eigenvalue weighted by Gasteiger charge is 2.24. The Hall–Kier alpha value is -2.63. The number of carbonyl (C=O) groups is 2. The summed E-state index contributed by atoms with van der Waals surface area (Å²) in [6, 6.07) is 6.87. The molecule has 22 heavy (non-hydrogen) atoms. The Morgan fingerprint density at radius 3 is 2.68 bits per heavy atom. The Balaban J connectivity index is 1.69. The molecule has 1 aliphatic rings. The van der Waals surface area contributed by atoms with E-state index in [1.165, 1.54) is 0 Å². The van der Waals surface area contributed by atoms with Crippen molar-refractivity contribution in [3.8, 4) is 0 Å². The second-order valence-corrected chi connectivity index (χ2v) is 5.38. The first-order valence-corrected chi connectivity index (χ1v) is 7.22. The van der Waals surface area contributed by atoms with Gasteiger partial charge >= 0.3 is 5.97 Å². The Morgan fingerprint density at radius 1 is 1.23 bits per heavy atom. The average Bonchev–Trinajstić information content (AvgIpc) is 3.12. The number of aryl methyl sites for hydroxylation is 1. The minimum Gasteiger partial charge on any atom is -0.478 e. The van der Waals surface area contributed by atoms with Crippen LogP contribution in [0.4, 0.5) is 0 Å². The van der Waals surface area contributed by atoms with E-state index in [9.17, 15) is 9.59 Å². The molecule has 0 fully saturated rings. The van der Waals surface area contributed by atoms with E-state index in [-0.39, 0.29) is 17.9 Å². The van der Waals surface area contributed by atoms with E-state index in [2.05, 4.69) is 5.10 Å². The number of nitrogens with zero attached hydrogens (tertiary/aromatic N) is 3. The molecule has 0 saturated heterocycles. The molecule has 0 bridgehead atoms. The molecule has 0 saturated carbocycles. The standard InChI is InChI=1S/C16H17N3O3/c1-2-19-6-5-14(17-19)8-15(20)18-9-12-4-3-11(16(21)22)7-13(12)10-18/h3-7H,2,8-10H2,1H3,(H,21,22). The van der Waals surface area contributed by atoms with E-state index < -0.39 is 5.97 Å². The van der Waals surface area contributed by atoms with Crippen molar-refractivity contribution in [2.24, 2.45) is 0 Å². The lowest BCUT2D eigenvalue weighted by Crippen LogP contribution is -2.27. The van der Waals surface area contributed by atoms with Gasteiger partial charge < -0.3 is 10.0 Å². The minimum atomic E-state index is -0.947. The van der Waals surface area contributed by atoms with Crippen molar-refractivity contribution in [1.82, 2.24) is 14.7 Å². The van der Waals surface area contributed by atoms with Gasteiger partial charge in [0, 0.05) is 25.8 Å². The summed E-state index contributed by atoms with van der Waals surface area (Å²) >= 11 is 0. The molecular weight excluding hydrogens is 282 g/mol. The highest BCUT2D eigenvalue weighted by atomic mass is 16.4. The molecule has 2 heterocycles. The first kappa shape index (κ1) is 14.3. The molecule has 1 amide bonds. The summed E-state index contributed by atoms with van der Waals surface area (Å²) in [7, 11) is 0. The lowest BCUT2D eigenvalue weighted by atomic mass is 10.1. The second-order valence-electron chi connectivity index (χ2n) is 5.38. The van der Waals surface area contributed by atoms with Gasteiger partial charge in [-0.05, 0) is 36.2 Å². The van der Waals surface area contributed by atoms with Crippen LogP contribution < -0.4 is 0 Å². The molecule has 0 spiro atoms. The van der Waals surface area contributed by atoms with E-state index in [4.69, 9.17) is 5.11 Å². The van der Waals surface area contributed by atoms with Crippen LogP contribution >= 0.6 is 0 Å². The quantitative estimate of drug-likeness (QED) is 0.932. The molecule has 6 nitrogen and oxygen atoms in total. The van der Waals surface area contributed by atoms with Crippen molar-refractivity contribution in [1.29, 1.82) is 0 Å². The molecule has 0 atom stereocenters. The summed E-state index contributed by atoms with van der Waals surface area (Å²) in [6.07, 6.45) is 2.13. The van der Waals surface area contributed by atoms with Gasteiger partial charge in [0.05, 0.1) is 17.7 Å². The van der Waals surface area contributed by atoms with Crippen LogP contribution in [0.1, 0.15) is 34.1 Å². The predicted octanol–water partition coefficient (Wildman–Crippen LogP) is 1.69. The molecule has 114 valence electrons. The van der Waals surface area contributed by atoms with Crippen molar-refractivity contribution >= 4 is 11.9 Å². The summed E-state index contributed by atoms with van der Waals surface area (Å²) in [5.41, 5.74) is 2.94. The zero-order valence-corrected chi connectivity index (χ0v) is 12.3. The number of rotatable bonds is 4. The number of aromatic nitrogens is 2. The monoisotopic (exact) mass is 299 g/mol. The lowest BCUT2D eigenvalue weighted by Gasteiger charge is -2.14. The molecule has 1 aromatic carbocycles. The Morgan fingerprint density at radius 2 is 2.00 bits per heavy atom. The van der Waals surface area contributed by atoms with Crippen LogP contribution in [0.2, 0.25) is 0 Å². The van der Waals surface area contributed by atoms with Gasteiger partial charge in [-0.25, -0.2) is 4.79 Å². The van der Waals surface area contributed by atoms with Crippen molar-refractivity contribution in [2.45, 2.75) is 33.0 Å². The zero-order valence-electron chi connectivity index (χ0n) is 12.3. The van der Waals surface area contributed by atoms with Crippen molar-refractivity contribution in [3.63, 3.8) is 0 Å². The molecular formula is C16H17N3O3. The average molecular weight is 299 g/mol. The summed E-state index contributed by atoms with van der Waals surface area (Å²) in [6.45, 7) is 3.77. The number of aromatic carboxylic acids is 1. The van der Waals surface area contributed by atoms with Gasteiger partial charge in [-0.15, -0.1) is 0 Å². The first-order chi connectivity index (χ1) is 10.6. The van der Waals surface area contributed by atoms with Gasteiger partial charge in [-0.1, -0.05) is 6.07 Å². The SMILES string of the molecule is CCn1ccc(CC(=O)N2Cc3ccc(C(=O)O)cc3C2)n1. The number of carboxylic acid groups (broad SMARTS) is 1. The van der Waals surface area contributed by atoms with E-state index in [1.54, 1.807) is 27.8 Å². The van der Waals surface area contributed by atoms with Gasteiger partial charge in [0.15, 0.2) is 0 Å². The van der Waals surface area contributed by atoms with Gasteiger partial charge in [-0.2, -0.15) is 5.10 Å². The summed E-state index contributed by atoms with van der Waals surface area (Å²) in [4.78, 5) is 25.1. The normalized spacial score (nSPS) is 13.2. The van der Waals surface area contributed by atoms with Gasteiger partial charge in [0.2, 0.25) is 5.91 Å². The van der Waals surface area contributed by atoms with E-state index in [1.807, 2.05) is 19.2 Å². The maximum Gasteiger partial charge on any atom is 0.335 e. The number of hydrogen-bond acceptors (Lipinski definition) is 3. The van der Waals surface area contributed by atoms with Crippen LogP contribution in [0, 0.1) is 0 Å². The molecule has 1 aliphatic heterocycles. The van der Waals surface area contributed by atoms with Gasteiger partial charge in [0.25, 0.3) is 0 Å². The van der Waals surface area contributed by atoms with Crippen LogP contribution in [0.25, 0.3) is 0 Å². The largest absolute Gasteiger partial charge is 0.478 e. The van der Waals surface area contributed by atoms with Crippen molar-refractivity contribution < 1.29 is 14.7 Å². The van der Waals surface area contributed by atoms with E-state index in [0.29, 0.717) is 13.1 Å². The highest BCUT2D eigenvalue weighted by molar-refractivity contribution is 5.88. The molecule has 3 rings (SSSR count). The van der Waals surface area contributed by atoms with Crippen LogP contribution in [0.3, 0.4) is 0 Å². The minimum absolute atomic E-state index is 0.00873. The number of carboxylic acids is 1. The molecule has 2 aromatic rings. The van der Waals surface area contributed by atoms with Gasteiger partial charge in [-0.3, -0.25) is 9.48 Å². The zero-order chi connectivity index (χ0) is 15.7. The number of benzene rings is 1. The maximum absolute atomic E-state index is 12.4. The highest BCUT2D eigenvalue weighted by Crippen LogP contribution is 2.24. The van der Waals surface area contributed by atoms with Crippen molar-refractivity contribution in [3.05, 3.63) is 52.8 Å². The van der Waals surface area contributed by atoms with E-state index in [0.717, 1.165) is 23.4 Å². The third-order valence-electron chi connectivity index (χ3n) is 3.88. The van der Waals surface area contributed by atoms with Crippen LogP contribution in [-0.4, -0.2) is 31.7 Å². The Labute approximate surface area is 128 Å². The molecule has 1 aromatic heterocycles. The van der Waals surface area contributed by atoms with E-state index >= 15 is 0 Å². The number of hydrogen-bond donors (Lipinski definition) is 1. The fourth-order valence-electron chi connectivity index (χ4n) is 2.64. The van der Waals surface area contributed by atoms with Crippen molar-refractivity contribution in [2.75, 3.05) is 0 Å². The van der Waals surface area contributed by atoms with Crippen LogP contribution in [0.5, 0.6) is 0 Å². The molecule has 0 radical (unpaired) electrons. The summed E-state index contributed by atoms with van der Waals surface area (Å²) < 4.78 is 1.79. The summed E-state index contributed by atoms with van der Waals surface area (Å²) in [5.74, 6) is -0.938. The topological polar surface area (TPSA) is 75.4 Å². The third-order valence-corrected chi connectivity index (χ3v) is 3.88. The fourth-order valence-corrected chi connectivity index (χ4v) is 2.64. The molecule has 6 heteroatoms. The second kappa shape index (κ2) is 5.63. The number of amides is 1. The summed E-state index contributed by atoms with van der Waals surface area (Å²) in [5, 5.41) is 13.3. The number of carbonyl (C=O) groups excluding carboxylic acids is 1. The molecule has 1 N–H and O–H groups in total. The first-order valence-electron chi connectivity index (χ1n) is 7.22. The Bertz CT molecular complexity index is 736. The number of fused-ring (bicyclic) bond motifs is 1. The van der Waals surface area contributed by atoms with Crippen LogP contribution in [0.15, 0.2) is 30.5 Å². The lowest BCUT2D eigenvalue weighted by molar-refractivity contribution is -0.131. The fraction of sp³-hybridized carbons (Fsp3) is 0.312. The smallest absolute Gasteiger partial charge is 0.335 e. The third kappa shape index (κ3) is 2.72. The maximum atomic E-state index is 12.4. The predicted molar refractivity (Wildman–Crippen MR) is 79.3 cm³/mol. The van der Waals surface area contributed by atoms with Crippen LogP contribution in [-0.2, 0) is 30.8 Å². The van der Waals surface area contributed by atoms with Gasteiger partial charge in [0.1, 0.15) is 0 Å².